The third-order valence-corrected chi connectivity index (χ3v) is 4.78. The summed E-state index contributed by atoms with van der Waals surface area (Å²) in [5, 5.41) is 11.2. The normalized spacial score (nSPS) is 13.2. The number of methoxy groups -OCH3 is 2. The van der Waals surface area contributed by atoms with Crippen molar-refractivity contribution in [3.63, 3.8) is 0 Å². The summed E-state index contributed by atoms with van der Waals surface area (Å²) in [4.78, 5) is 15.2. The van der Waals surface area contributed by atoms with Crippen LogP contribution in [0.4, 0.5) is 0 Å². The Balaban J connectivity index is 1.62. The van der Waals surface area contributed by atoms with Crippen molar-refractivity contribution in [3.8, 4) is 17.2 Å². The van der Waals surface area contributed by atoms with Gasteiger partial charge in [-0.25, -0.2) is 4.68 Å². The first kappa shape index (κ1) is 18.0. The fraction of sp³-hybridized carbons (Fsp3) is 0.300. The Morgan fingerprint density at radius 2 is 2.04 bits per heavy atom. The maximum absolute atomic E-state index is 13.3. The number of ether oxygens (including phenoxy) is 2. The van der Waals surface area contributed by atoms with E-state index in [1.54, 1.807) is 20.3 Å². The lowest BCUT2D eigenvalue weighted by Gasteiger charge is -2.24. The molecule has 144 valence electrons. The predicted molar refractivity (Wildman–Crippen MR) is 102 cm³/mol. The second-order valence-corrected chi connectivity index (χ2v) is 6.65. The highest BCUT2D eigenvalue weighted by Crippen LogP contribution is 2.33. The van der Waals surface area contributed by atoms with E-state index < -0.39 is 0 Å². The topological polar surface area (TPSA) is 82.4 Å². The number of hydrogen-bond donors (Lipinski definition) is 0. The van der Waals surface area contributed by atoms with Crippen molar-refractivity contribution >= 4 is 5.91 Å². The van der Waals surface area contributed by atoms with E-state index >= 15 is 0 Å². The van der Waals surface area contributed by atoms with Crippen LogP contribution in [0.25, 0.3) is 5.69 Å². The predicted octanol–water partition coefficient (Wildman–Crippen LogP) is 2.48. The third kappa shape index (κ3) is 3.66. The average Bonchev–Trinajstić information content (AvgIpc) is 3.43. The Labute approximate surface area is 162 Å². The monoisotopic (exact) mass is 379 g/mol. The summed E-state index contributed by atoms with van der Waals surface area (Å²) >= 11 is 0. The molecular weight excluding hydrogens is 358 g/mol. The van der Waals surface area contributed by atoms with Gasteiger partial charge in [-0.15, -0.1) is 5.10 Å². The summed E-state index contributed by atoms with van der Waals surface area (Å²) in [6, 6.07) is 13.2. The van der Waals surface area contributed by atoms with E-state index in [-0.39, 0.29) is 11.9 Å². The summed E-state index contributed by atoms with van der Waals surface area (Å²) in [7, 11) is 3.25. The molecule has 28 heavy (non-hydrogen) atoms. The van der Waals surface area contributed by atoms with Gasteiger partial charge >= 0.3 is 0 Å². The van der Waals surface area contributed by atoms with E-state index in [9.17, 15) is 4.79 Å². The van der Waals surface area contributed by atoms with Crippen molar-refractivity contribution in [2.75, 3.05) is 14.2 Å². The van der Waals surface area contributed by atoms with Gasteiger partial charge in [-0.3, -0.25) is 4.79 Å². The van der Waals surface area contributed by atoms with E-state index in [1.165, 1.54) is 11.0 Å². The van der Waals surface area contributed by atoms with Crippen molar-refractivity contribution in [3.05, 3.63) is 59.9 Å². The molecule has 1 aromatic heterocycles. The second-order valence-electron chi connectivity index (χ2n) is 6.65. The quantitative estimate of drug-likeness (QED) is 0.627. The number of tetrazole rings is 1. The fourth-order valence-electron chi connectivity index (χ4n) is 3.17. The SMILES string of the molecule is COc1ccc(OC)c(CN(C(=O)c2cccc(-n3cnnn3)c2)C2CC2)c1. The van der Waals surface area contributed by atoms with Gasteiger partial charge in [-0.05, 0) is 59.7 Å². The number of carbonyl (C=O) groups is 1. The molecule has 4 rings (SSSR count). The van der Waals surface area contributed by atoms with Gasteiger partial charge in [-0.1, -0.05) is 6.07 Å². The van der Waals surface area contributed by atoms with Gasteiger partial charge in [0, 0.05) is 17.2 Å². The highest BCUT2D eigenvalue weighted by Gasteiger charge is 2.33. The molecule has 8 heteroatoms. The minimum atomic E-state index is -0.0257. The summed E-state index contributed by atoms with van der Waals surface area (Å²) in [5.74, 6) is 1.45. The zero-order chi connectivity index (χ0) is 19.5. The van der Waals surface area contributed by atoms with Crippen LogP contribution < -0.4 is 9.47 Å². The van der Waals surface area contributed by atoms with Gasteiger partial charge in [0.2, 0.25) is 0 Å². The van der Waals surface area contributed by atoms with Crippen molar-refractivity contribution in [2.24, 2.45) is 0 Å². The van der Waals surface area contributed by atoms with Crippen LogP contribution in [0.15, 0.2) is 48.8 Å². The van der Waals surface area contributed by atoms with Crippen molar-refractivity contribution in [1.29, 1.82) is 0 Å². The molecule has 0 saturated heterocycles. The van der Waals surface area contributed by atoms with E-state index in [4.69, 9.17) is 9.47 Å². The summed E-state index contributed by atoms with van der Waals surface area (Å²) in [6.07, 6.45) is 3.51. The highest BCUT2D eigenvalue weighted by atomic mass is 16.5. The van der Waals surface area contributed by atoms with Gasteiger partial charge in [0.1, 0.15) is 17.8 Å². The molecular formula is C20H21N5O3. The maximum atomic E-state index is 13.3. The number of aromatic nitrogens is 4. The van der Waals surface area contributed by atoms with Gasteiger partial charge in [0.15, 0.2) is 0 Å². The molecule has 8 nitrogen and oxygen atoms in total. The molecule has 1 aliphatic carbocycles. The maximum Gasteiger partial charge on any atom is 0.254 e. The van der Waals surface area contributed by atoms with Crippen LogP contribution in [0.2, 0.25) is 0 Å². The second kappa shape index (κ2) is 7.67. The molecule has 1 amide bonds. The minimum Gasteiger partial charge on any atom is -0.497 e. The Kier molecular flexibility index (Phi) is 4.92. The van der Waals surface area contributed by atoms with Gasteiger partial charge in [0.05, 0.1) is 26.5 Å². The molecule has 1 heterocycles. The Bertz CT molecular complexity index is 970. The van der Waals surface area contributed by atoms with Crippen LogP contribution in [0.5, 0.6) is 11.5 Å². The number of nitrogens with zero attached hydrogens (tertiary/aromatic N) is 5. The number of amides is 1. The molecule has 0 unspecified atom stereocenters. The molecule has 2 aromatic carbocycles. The average molecular weight is 379 g/mol. The lowest BCUT2D eigenvalue weighted by Crippen LogP contribution is -2.32. The molecule has 0 spiro atoms. The number of hydrogen-bond acceptors (Lipinski definition) is 6. The first-order valence-electron chi connectivity index (χ1n) is 9.05. The van der Waals surface area contributed by atoms with Crippen LogP contribution in [-0.2, 0) is 6.54 Å². The molecule has 1 aliphatic rings. The lowest BCUT2D eigenvalue weighted by molar-refractivity contribution is 0.0728. The van der Waals surface area contributed by atoms with Crippen LogP contribution in [0.1, 0.15) is 28.8 Å². The van der Waals surface area contributed by atoms with Crippen LogP contribution in [0, 0.1) is 0 Å². The standard InChI is InChI=1S/C20H21N5O3/c1-27-18-8-9-19(28-2)15(11-18)12-24(16-6-7-16)20(26)14-4-3-5-17(10-14)25-13-21-22-23-25/h3-5,8-11,13,16H,6-7,12H2,1-2H3. The van der Waals surface area contributed by atoms with E-state index in [0.29, 0.717) is 12.1 Å². The molecule has 0 aliphatic heterocycles. The van der Waals surface area contributed by atoms with Crippen LogP contribution in [-0.4, -0.2) is 51.3 Å². The smallest absolute Gasteiger partial charge is 0.254 e. The van der Waals surface area contributed by atoms with E-state index in [2.05, 4.69) is 15.5 Å². The first-order chi connectivity index (χ1) is 13.7. The van der Waals surface area contributed by atoms with Crippen molar-refractivity contribution in [2.45, 2.75) is 25.4 Å². The molecule has 0 N–H and O–H groups in total. The van der Waals surface area contributed by atoms with Gasteiger partial charge < -0.3 is 14.4 Å². The lowest BCUT2D eigenvalue weighted by atomic mass is 10.1. The zero-order valence-electron chi connectivity index (χ0n) is 15.8. The molecule has 1 fully saturated rings. The summed E-state index contributed by atoms with van der Waals surface area (Å²) < 4.78 is 12.3. The van der Waals surface area contributed by atoms with Crippen molar-refractivity contribution in [1.82, 2.24) is 25.1 Å². The zero-order valence-corrected chi connectivity index (χ0v) is 15.8. The number of rotatable bonds is 7. The summed E-state index contributed by atoms with van der Waals surface area (Å²) in [5.41, 5.74) is 2.26. The molecule has 3 aromatic rings. The fourth-order valence-corrected chi connectivity index (χ4v) is 3.17. The summed E-state index contributed by atoms with van der Waals surface area (Å²) in [6.45, 7) is 0.457. The van der Waals surface area contributed by atoms with Crippen LogP contribution >= 0.6 is 0 Å². The molecule has 0 bridgehead atoms. The van der Waals surface area contributed by atoms with E-state index in [1.807, 2.05) is 41.3 Å². The molecule has 1 saturated carbocycles. The van der Waals surface area contributed by atoms with Crippen LogP contribution in [0.3, 0.4) is 0 Å². The third-order valence-electron chi connectivity index (χ3n) is 4.78. The first-order valence-corrected chi connectivity index (χ1v) is 9.05. The van der Waals surface area contributed by atoms with E-state index in [0.717, 1.165) is 35.6 Å². The van der Waals surface area contributed by atoms with Gasteiger partial charge in [0.25, 0.3) is 5.91 Å². The number of benzene rings is 2. The Hall–Kier alpha value is -3.42. The van der Waals surface area contributed by atoms with Gasteiger partial charge in [-0.2, -0.15) is 0 Å². The highest BCUT2D eigenvalue weighted by molar-refractivity contribution is 5.95. The molecule has 0 radical (unpaired) electrons. The largest absolute Gasteiger partial charge is 0.497 e. The molecule has 0 atom stereocenters. The Morgan fingerprint density at radius 1 is 1.18 bits per heavy atom. The minimum absolute atomic E-state index is 0.0257. The number of carbonyl (C=O) groups excluding carboxylic acids is 1. The Morgan fingerprint density at radius 3 is 2.71 bits per heavy atom. The van der Waals surface area contributed by atoms with Crippen molar-refractivity contribution < 1.29 is 14.3 Å².